The van der Waals surface area contributed by atoms with Crippen molar-refractivity contribution in [3.8, 4) is 5.75 Å². The number of piperazine rings is 1. The fraction of sp³-hybridized carbons (Fsp3) is 0.480. The molecule has 2 aromatic carbocycles. The van der Waals surface area contributed by atoms with Gasteiger partial charge in [-0.2, -0.15) is 0 Å². The predicted molar refractivity (Wildman–Crippen MR) is 125 cm³/mol. The van der Waals surface area contributed by atoms with Gasteiger partial charge in [0.15, 0.2) is 0 Å². The number of hydrogen-bond acceptors (Lipinski definition) is 4. The second kappa shape index (κ2) is 10.0. The summed E-state index contributed by atoms with van der Waals surface area (Å²) in [5, 5.41) is 10.5. The van der Waals surface area contributed by atoms with Crippen molar-refractivity contribution >= 4 is 17.5 Å². The van der Waals surface area contributed by atoms with E-state index < -0.39 is 5.60 Å². The number of ether oxygens (including phenoxy) is 1. The van der Waals surface area contributed by atoms with Crippen LogP contribution in [0.25, 0.3) is 0 Å². The molecule has 168 valence electrons. The molecule has 0 radical (unpaired) electrons. The van der Waals surface area contributed by atoms with Gasteiger partial charge in [0.2, 0.25) is 0 Å². The molecule has 1 aliphatic rings. The minimum Gasteiger partial charge on any atom is -0.490 e. The van der Waals surface area contributed by atoms with E-state index >= 15 is 0 Å². The molecule has 1 heterocycles. The van der Waals surface area contributed by atoms with Gasteiger partial charge in [0, 0.05) is 43.3 Å². The quantitative estimate of drug-likeness (QED) is 0.698. The van der Waals surface area contributed by atoms with E-state index in [-0.39, 0.29) is 12.5 Å². The van der Waals surface area contributed by atoms with Gasteiger partial charge in [-0.1, -0.05) is 17.7 Å². The summed E-state index contributed by atoms with van der Waals surface area (Å²) in [6.45, 7) is 12.2. The number of nitrogens with zero attached hydrogens (tertiary/aromatic N) is 2. The largest absolute Gasteiger partial charge is 0.490 e. The van der Waals surface area contributed by atoms with E-state index in [1.54, 1.807) is 38.1 Å². The number of benzene rings is 2. The maximum Gasteiger partial charge on any atom is 0.253 e. The first-order valence-electron chi connectivity index (χ1n) is 10.9. The number of amides is 1. The van der Waals surface area contributed by atoms with Crippen LogP contribution in [0.4, 0.5) is 0 Å². The van der Waals surface area contributed by atoms with Gasteiger partial charge in [0.05, 0.1) is 5.60 Å². The lowest BCUT2D eigenvalue weighted by molar-refractivity contribution is 0.0282. The fourth-order valence-corrected chi connectivity index (χ4v) is 3.89. The van der Waals surface area contributed by atoms with Gasteiger partial charge >= 0.3 is 0 Å². The highest BCUT2D eigenvalue weighted by atomic mass is 35.5. The second-order valence-electron chi connectivity index (χ2n) is 8.96. The van der Waals surface area contributed by atoms with Crippen LogP contribution in [0.2, 0.25) is 5.02 Å². The van der Waals surface area contributed by atoms with E-state index in [4.69, 9.17) is 16.3 Å². The van der Waals surface area contributed by atoms with Crippen molar-refractivity contribution in [1.29, 1.82) is 0 Å². The SMILES string of the molecule is Cc1c(CCN2CCN(C(=O)c3ccc(Cl)cc3)CC2)ccc(OCC(C)(C)O)c1C. The van der Waals surface area contributed by atoms with Crippen LogP contribution in [0.15, 0.2) is 36.4 Å². The molecule has 3 rings (SSSR count). The van der Waals surface area contributed by atoms with Gasteiger partial charge in [0.25, 0.3) is 5.91 Å². The molecule has 0 aromatic heterocycles. The first kappa shape index (κ1) is 23.6. The first-order chi connectivity index (χ1) is 14.6. The summed E-state index contributed by atoms with van der Waals surface area (Å²) in [7, 11) is 0. The van der Waals surface area contributed by atoms with Gasteiger partial charge in [-0.15, -0.1) is 0 Å². The summed E-state index contributed by atoms with van der Waals surface area (Å²) in [6.07, 6.45) is 0.962. The Balaban J connectivity index is 1.50. The Labute approximate surface area is 190 Å². The Morgan fingerprint density at radius 3 is 2.29 bits per heavy atom. The summed E-state index contributed by atoms with van der Waals surface area (Å²) in [5.74, 6) is 0.905. The first-order valence-corrected chi connectivity index (χ1v) is 11.2. The highest BCUT2D eigenvalue weighted by molar-refractivity contribution is 6.30. The van der Waals surface area contributed by atoms with Crippen molar-refractivity contribution in [3.63, 3.8) is 0 Å². The van der Waals surface area contributed by atoms with Crippen LogP contribution in [0.1, 0.15) is 40.9 Å². The highest BCUT2D eigenvalue weighted by Crippen LogP contribution is 2.26. The standard InChI is InChI=1S/C25H33ClN2O3/c1-18-19(2)23(31-17-25(3,4)30)10-7-20(18)11-12-27-13-15-28(16-14-27)24(29)21-5-8-22(26)9-6-21/h5-10,30H,11-17H2,1-4H3. The van der Waals surface area contributed by atoms with Crippen molar-refractivity contribution in [2.24, 2.45) is 0 Å². The van der Waals surface area contributed by atoms with Crippen LogP contribution in [-0.4, -0.2) is 65.7 Å². The molecule has 1 saturated heterocycles. The van der Waals surface area contributed by atoms with Crippen LogP contribution < -0.4 is 4.74 Å². The zero-order chi connectivity index (χ0) is 22.6. The Morgan fingerprint density at radius 2 is 1.68 bits per heavy atom. The van der Waals surface area contributed by atoms with Gasteiger partial charge in [-0.25, -0.2) is 0 Å². The van der Waals surface area contributed by atoms with Crippen LogP contribution in [-0.2, 0) is 6.42 Å². The Kier molecular flexibility index (Phi) is 7.63. The van der Waals surface area contributed by atoms with Gasteiger partial charge in [-0.3, -0.25) is 9.69 Å². The molecule has 1 aliphatic heterocycles. The van der Waals surface area contributed by atoms with E-state index in [1.165, 1.54) is 11.1 Å². The Bertz CT molecular complexity index is 898. The van der Waals surface area contributed by atoms with E-state index in [1.807, 2.05) is 11.0 Å². The number of hydrogen-bond donors (Lipinski definition) is 1. The fourth-order valence-electron chi connectivity index (χ4n) is 3.76. The molecule has 1 fully saturated rings. The molecule has 1 amide bonds. The maximum absolute atomic E-state index is 12.7. The average molecular weight is 445 g/mol. The summed E-state index contributed by atoms with van der Waals surface area (Å²) in [6, 6.07) is 11.2. The van der Waals surface area contributed by atoms with Crippen molar-refractivity contribution in [2.75, 3.05) is 39.3 Å². The third kappa shape index (κ3) is 6.45. The lowest BCUT2D eigenvalue weighted by Crippen LogP contribution is -2.49. The minimum atomic E-state index is -0.851. The molecule has 0 aliphatic carbocycles. The van der Waals surface area contributed by atoms with Crippen molar-refractivity contribution in [1.82, 2.24) is 9.80 Å². The minimum absolute atomic E-state index is 0.0735. The molecule has 6 heteroatoms. The summed E-state index contributed by atoms with van der Waals surface area (Å²) >= 11 is 5.92. The normalized spacial score (nSPS) is 15.2. The van der Waals surface area contributed by atoms with Crippen molar-refractivity contribution < 1.29 is 14.6 Å². The monoisotopic (exact) mass is 444 g/mol. The van der Waals surface area contributed by atoms with Gasteiger partial charge in [-0.05, 0) is 81.1 Å². The van der Waals surface area contributed by atoms with Crippen molar-refractivity contribution in [3.05, 3.63) is 63.7 Å². The lowest BCUT2D eigenvalue weighted by atomic mass is 9.99. The van der Waals surface area contributed by atoms with E-state index in [9.17, 15) is 9.90 Å². The third-order valence-corrected chi connectivity index (χ3v) is 6.13. The van der Waals surface area contributed by atoms with Gasteiger partial charge < -0.3 is 14.7 Å². The molecule has 0 spiro atoms. The summed E-state index contributed by atoms with van der Waals surface area (Å²) in [5.41, 5.74) is 3.52. The zero-order valence-corrected chi connectivity index (χ0v) is 19.7. The summed E-state index contributed by atoms with van der Waals surface area (Å²) in [4.78, 5) is 17.0. The highest BCUT2D eigenvalue weighted by Gasteiger charge is 2.22. The molecule has 0 saturated carbocycles. The molecule has 1 N–H and O–H groups in total. The number of carbonyl (C=O) groups is 1. The molecule has 31 heavy (non-hydrogen) atoms. The third-order valence-electron chi connectivity index (χ3n) is 5.88. The molecular weight excluding hydrogens is 412 g/mol. The Morgan fingerprint density at radius 1 is 1.03 bits per heavy atom. The van der Waals surface area contributed by atoms with Crippen LogP contribution in [0.5, 0.6) is 5.75 Å². The van der Waals surface area contributed by atoms with E-state index in [0.29, 0.717) is 10.6 Å². The number of halogens is 1. The molecule has 5 nitrogen and oxygen atoms in total. The second-order valence-corrected chi connectivity index (χ2v) is 9.40. The predicted octanol–water partition coefficient (Wildman–Crippen LogP) is 4.11. The number of carbonyl (C=O) groups excluding carboxylic acids is 1. The average Bonchev–Trinajstić information content (AvgIpc) is 2.74. The summed E-state index contributed by atoms with van der Waals surface area (Å²) < 4.78 is 5.80. The zero-order valence-electron chi connectivity index (χ0n) is 18.9. The maximum atomic E-state index is 12.7. The van der Waals surface area contributed by atoms with Crippen LogP contribution in [0.3, 0.4) is 0 Å². The van der Waals surface area contributed by atoms with Crippen LogP contribution >= 0.6 is 11.6 Å². The van der Waals surface area contributed by atoms with Gasteiger partial charge in [0.1, 0.15) is 12.4 Å². The van der Waals surface area contributed by atoms with Crippen LogP contribution in [0, 0.1) is 13.8 Å². The topological polar surface area (TPSA) is 53.0 Å². The molecule has 0 unspecified atom stereocenters. The molecule has 0 bridgehead atoms. The number of rotatable bonds is 7. The molecular formula is C25H33ClN2O3. The smallest absolute Gasteiger partial charge is 0.253 e. The number of aliphatic hydroxyl groups is 1. The van der Waals surface area contributed by atoms with E-state index in [2.05, 4.69) is 24.8 Å². The van der Waals surface area contributed by atoms with Crippen molar-refractivity contribution in [2.45, 2.75) is 39.7 Å². The van der Waals surface area contributed by atoms with E-state index in [0.717, 1.165) is 50.5 Å². The molecule has 0 atom stereocenters. The lowest BCUT2D eigenvalue weighted by Gasteiger charge is -2.35. The molecule has 2 aromatic rings. The Hall–Kier alpha value is -2.08.